The summed E-state index contributed by atoms with van der Waals surface area (Å²) < 4.78 is 100. The van der Waals surface area contributed by atoms with Crippen molar-refractivity contribution in [3.05, 3.63) is 0 Å². The van der Waals surface area contributed by atoms with Gasteiger partial charge in [-0.1, -0.05) is 135 Å². The maximum Gasteiger partial charge on any atom is 0.571 e. The second kappa shape index (κ2) is 17.8. The van der Waals surface area contributed by atoms with E-state index in [0.717, 1.165) is 180 Å². The van der Waals surface area contributed by atoms with E-state index >= 15 is 0 Å². The maximum absolute atomic E-state index is 8.58. The Labute approximate surface area is 386 Å². The summed E-state index contributed by atoms with van der Waals surface area (Å²) in [5, 5.41) is 8.05. The summed E-state index contributed by atoms with van der Waals surface area (Å²) in [5.74, 6) is 0. The fourth-order valence-electron chi connectivity index (χ4n) is 14.8. The van der Waals surface area contributed by atoms with Gasteiger partial charge in [0.2, 0.25) is 0 Å². The maximum atomic E-state index is 8.58. The van der Waals surface area contributed by atoms with Crippen molar-refractivity contribution in [2.24, 2.45) is 5.40 Å². The first kappa shape index (κ1) is 45.4. The van der Waals surface area contributed by atoms with Crippen molar-refractivity contribution >= 4 is 70.6 Å². The molecule has 13 nitrogen and oxygen atoms in total. The molecule has 356 valence electrons. The van der Waals surface area contributed by atoms with Crippen molar-refractivity contribution in [1.82, 2.24) is 0 Å². The first-order valence-corrected chi connectivity index (χ1v) is 41.3. The molecule has 6 heterocycles. The Morgan fingerprint density at radius 1 is 0.190 bits per heavy atom. The molecule has 21 heteroatoms. The van der Waals surface area contributed by atoms with Crippen LogP contribution < -0.4 is 5.40 Å². The van der Waals surface area contributed by atoms with Crippen LogP contribution in [0.3, 0.4) is 0 Å². The highest BCUT2D eigenvalue weighted by Crippen LogP contribution is 2.64. The highest BCUT2D eigenvalue weighted by atomic mass is 28.6. The third kappa shape index (κ3) is 8.08. The zero-order chi connectivity index (χ0) is 42.3. The van der Waals surface area contributed by atoms with Gasteiger partial charge in [0.1, 0.15) is 0 Å². The minimum atomic E-state index is -4.33. The van der Waals surface area contributed by atoms with E-state index in [1.54, 1.807) is 0 Å². The van der Waals surface area contributed by atoms with Crippen molar-refractivity contribution in [2.45, 2.75) is 264 Å². The molecule has 7 saturated carbocycles. The van der Waals surface area contributed by atoms with Crippen LogP contribution in [0.15, 0.2) is 0 Å². The Bertz CT molecular complexity index is 1430. The molecule has 63 heavy (non-hydrogen) atoms. The molecule has 13 aliphatic rings. The fraction of sp³-hybridized carbons (Fsp3) is 1.00. The fourth-order valence-corrected chi connectivity index (χ4v) is 68.7. The molecule has 2 N–H and O–H groups in total. The molecule has 0 spiro atoms. The summed E-state index contributed by atoms with van der Waals surface area (Å²) in [6.07, 6.45) is 37.1. The molecule has 0 amide bonds. The van der Waals surface area contributed by atoms with Crippen LogP contribution in [0.1, 0.15) is 225 Å². The Morgan fingerprint density at radius 2 is 0.317 bits per heavy atom. The SMILES string of the molecule is N[Si]12O[Si]3(C4CCCCC4)O[Si]4(C5CCCCC5)O[Si](C5CCCCC5)(O1)O[Si]1(C5CCCCC5)O[Si](C5CCCCC5)(O2)O[Si](C2CCCCC2)(O3)O[Si](C2CCCCC2)(O4)O1. The Hall–Kier alpha value is 1.22. The summed E-state index contributed by atoms with van der Waals surface area (Å²) in [6.45, 7) is 0. The van der Waals surface area contributed by atoms with Crippen molar-refractivity contribution < 1.29 is 49.4 Å². The Kier molecular flexibility index (Phi) is 12.8. The molecule has 13 fully saturated rings. The van der Waals surface area contributed by atoms with Crippen molar-refractivity contribution in [1.29, 1.82) is 0 Å². The highest BCUT2D eigenvalue weighted by Gasteiger charge is 2.88. The molecule has 7 aliphatic carbocycles. The number of hydrogen-bond acceptors (Lipinski definition) is 13. The van der Waals surface area contributed by atoms with Gasteiger partial charge in [-0.2, -0.15) is 0 Å². The molecule has 13 rings (SSSR count). The van der Waals surface area contributed by atoms with Gasteiger partial charge >= 0.3 is 70.6 Å². The van der Waals surface area contributed by atoms with E-state index in [1.807, 2.05) is 0 Å². The largest absolute Gasteiger partial charge is 0.571 e. The predicted molar refractivity (Wildman–Crippen MR) is 251 cm³/mol. The summed E-state index contributed by atoms with van der Waals surface area (Å²) in [7, 11) is -32.3. The summed E-state index contributed by atoms with van der Waals surface area (Å²) in [6, 6.07) is 0. The smallest absolute Gasteiger partial charge is 0.373 e. The van der Waals surface area contributed by atoms with Gasteiger partial charge in [0.05, 0.1) is 0 Å². The van der Waals surface area contributed by atoms with Gasteiger partial charge in [-0.05, 0) is 89.9 Å². The van der Waals surface area contributed by atoms with Crippen LogP contribution in [0.2, 0.25) is 38.8 Å². The lowest BCUT2D eigenvalue weighted by molar-refractivity contribution is -0.0512. The average molecular weight is 1010 g/mol. The molecule has 0 aromatic heterocycles. The van der Waals surface area contributed by atoms with Gasteiger partial charge in [-0.25, -0.2) is 0 Å². The molecule has 8 bridgehead atoms. The molecular weight excluding hydrogens is 935 g/mol. The van der Waals surface area contributed by atoms with E-state index in [2.05, 4.69) is 0 Å². The summed E-state index contributed by atoms with van der Waals surface area (Å²) >= 11 is 0. The number of nitrogens with two attached hydrogens (primary N) is 1. The number of rotatable bonds is 7. The lowest BCUT2D eigenvalue weighted by Crippen LogP contribution is -2.92. The monoisotopic (exact) mass is 1010 g/mol. The van der Waals surface area contributed by atoms with Gasteiger partial charge in [0.25, 0.3) is 0 Å². The molecule has 6 saturated heterocycles. The van der Waals surface area contributed by atoms with Crippen LogP contribution >= 0.6 is 0 Å². The molecule has 0 unspecified atom stereocenters. The first-order chi connectivity index (χ1) is 30.7. The van der Waals surface area contributed by atoms with E-state index in [9.17, 15) is 0 Å². The van der Waals surface area contributed by atoms with E-state index < -0.39 is 70.6 Å². The number of hydrogen-bond donors (Lipinski definition) is 1. The molecule has 0 radical (unpaired) electrons. The van der Waals surface area contributed by atoms with Crippen molar-refractivity contribution in [2.75, 3.05) is 0 Å². The summed E-state index contributed by atoms with van der Waals surface area (Å²) in [5.41, 5.74) is 0.0994. The second-order valence-electron chi connectivity index (χ2n) is 22.4. The Morgan fingerprint density at radius 3 is 0.460 bits per heavy atom. The minimum Gasteiger partial charge on any atom is -0.373 e. The van der Waals surface area contributed by atoms with E-state index in [1.165, 1.54) is 44.9 Å². The van der Waals surface area contributed by atoms with E-state index in [-0.39, 0.29) is 38.8 Å². The van der Waals surface area contributed by atoms with Crippen LogP contribution in [-0.4, -0.2) is 70.6 Å². The average Bonchev–Trinajstić information content (AvgIpc) is 3.30. The summed E-state index contributed by atoms with van der Waals surface area (Å²) in [4.78, 5) is 0. The molecule has 6 aliphatic heterocycles. The predicted octanol–water partition coefficient (Wildman–Crippen LogP) is 11.6. The molecule has 0 aromatic rings. The van der Waals surface area contributed by atoms with Gasteiger partial charge in [-0.15, -0.1) is 0 Å². The standard InChI is InChI=1S/C42H79NO12Si8/c43-63-53-60(40-30-16-5-17-31-40)47-57(37-24-10-2-11-25-37)44-56(36-22-8-1-9-23-36)45-58(49-60,38-26-12-3-13-27-38)51-62(55-63,42-34-20-7-21-35-42)52-59(46-56,39-28-14-4-15-29-39)50-61(48-57,54-63)41-32-18-6-19-33-41/h36-42H,1-35,43H2. The third-order valence-corrected chi connectivity index (χ3v) is 56.5. The quantitative estimate of drug-likeness (QED) is 0.243. The first-order valence-electron chi connectivity index (χ1n) is 26.9. The normalized spacial score (nSPS) is 48.3. The molecule has 0 aromatic carbocycles. The van der Waals surface area contributed by atoms with Crippen molar-refractivity contribution in [3.8, 4) is 0 Å². The van der Waals surface area contributed by atoms with Crippen LogP contribution in [0.5, 0.6) is 0 Å². The van der Waals surface area contributed by atoms with E-state index in [0.29, 0.717) is 0 Å². The van der Waals surface area contributed by atoms with Gasteiger partial charge in [-0.3, -0.25) is 5.40 Å². The minimum absolute atomic E-state index is 0.0138. The van der Waals surface area contributed by atoms with Crippen LogP contribution in [0, 0.1) is 0 Å². The van der Waals surface area contributed by atoms with Gasteiger partial charge < -0.3 is 49.4 Å². The van der Waals surface area contributed by atoms with E-state index in [4.69, 9.17) is 54.8 Å². The van der Waals surface area contributed by atoms with Crippen molar-refractivity contribution in [3.63, 3.8) is 0 Å². The third-order valence-electron chi connectivity index (χ3n) is 18.2. The van der Waals surface area contributed by atoms with Crippen LogP contribution in [0.4, 0.5) is 0 Å². The topological polar surface area (TPSA) is 137 Å². The Balaban J connectivity index is 1.17. The zero-order valence-corrected chi connectivity index (χ0v) is 46.3. The lowest BCUT2D eigenvalue weighted by atomic mass is 10.0. The molecular formula is C42H79NO12Si8. The molecule has 0 atom stereocenters. The van der Waals surface area contributed by atoms with Crippen LogP contribution in [0.25, 0.3) is 0 Å². The lowest BCUT2D eigenvalue weighted by Gasteiger charge is -2.67. The second-order valence-corrected chi connectivity index (χ2v) is 47.6. The van der Waals surface area contributed by atoms with Gasteiger partial charge in [0.15, 0.2) is 0 Å². The van der Waals surface area contributed by atoms with Gasteiger partial charge in [0, 0.05) is 38.8 Å². The highest BCUT2D eigenvalue weighted by molar-refractivity contribution is 7.04. The zero-order valence-electron chi connectivity index (χ0n) is 38.3. The van der Waals surface area contributed by atoms with Crippen LogP contribution in [-0.2, 0) is 49.4 Å².